The van der Waals surface area contributed by atoms with Gasteiger partial charge in [-0.3, -0.25) is 14.5 Å². The molecule has 5 aliphatic rings. The van der Waals surface area contributed by atoms with Crippen LogP contribution in [0.3, 0.4) is 0 Å². The van der Waals surface area contributed by atoms with Gasteiger partial charge in [-0.1, -0.05) is 13.8 Å². The van der Waals surface area contributed by atoms with E-state index in [1.54, 1.807) is 6.92 Å². The summed E-state index contributed by atoms with van der Waals surface area (Å²) in [4.78, 5) is 29.0. The highest BCUT2D eigenvalue weighted by molar-refractivity contribution is 8.02. The highest BCUT2D eigenvalue weighted by Gasteiger charge is 2.65. The number of Topliss-reactive ketones (excluding diaryl/α,β-unsaturated/α-hetero) is 2. The lowest BCUT2D eigenvalue weighted by atomic mass is 9.43. The van der Waals surface area contributed by atoms with Crippen molar-refractivity contribution in [1.82, 2.24) is 4.90 Å². The number of aliphatic hydroxyl groups is 1. The predicted octanol–water partition coefficient (Wildman–Crippen LogP) is 5.36. The van der Waals surface area contributed by atoms with Crippen LogP contribution >= 0.6 is 11.8 Å². The van der Waals surface area contributed by atoms with E-state index in [2.05, 4.69) is 58.2 Å². The average molecular weight is 490 g/mol. The smallest absolute Gasteiger partial charge is 0.137 e. The maximum absolute atomic E-state index is 14.0. The number of hydrogen-bond acceptors (Lipinski definition) is 5. The molecular formula is C29H47NO3S. The monoisotopic (exact) mass is 489 g/mol. The fourth-order valence-electron chi connectivity index (χ4n) is 10.2. The summed E-state index contributed by atoms with van der Waals surface area (Å²) in [5, 5.41) is 11.4. The number of fused-ring (bicyclic) bond motifs is 5. The zero-order valence-electron chi connectivity index (χ0n) is 22.5. The average Bonchev–Trinajstić information content (AvgIpc) is 3.02. The maximum atomic E-state index is 14.0. The first-order valence-corrected chi connectivity index (χ1v) is 14.6. The molecule has 5 fully saturated rings. The fourth-order valence-corrected chi connectivity index (χ4v) is 12.2. The molecule has 0 aromatic carbocycles. The summed E-state index contributed by atoms with van der Waals surface area (Å²) >= 11 is 2.06. The molecule has 0 aromatic rings. The SMILES string of the molecule is CC(=O)[C@H]1CC[C@H]2[C@@H]3CC[C@H]4C[C@H](O)[C@@H](N5CC(C)(C)SC(C)(C)C5)C[C@]4(C)[C@H]3C(=O)C[C@]12C. The van der Waals surface area contributed by atoms with Crippen molar-refractivity contribution in [2.45, 2.75) is 115 Å². The third-order valence-corrected chi connectivity index (χ3v) is 12.4. The van der Waals surface area contributed by atoms with Crippen LogP contribution in [0.4, 0.5) is 0 Å². The Bertz CT molecular complexity index is 853. The molecule has 4 nitrogen and oxygen atoms in total. The van der Waals surface area contributed by atoms with Gasteiger partial charge in [0.15, 0.2) is 0 Å². The maximum Gasteiger partial charge on any atom is 0.137 e. The molecule has 0 aromatic heterocycles. The topological polar surface area (TPSA) is 57.6 Å². The zero-order chi connectivity index (χ0) is 24.8. The van der Waals surface area contributed by atoms with Gasteiger partial charge in [-0.25, -0.2) is 0 Å². The highest BCUT2D eigenvalue weighted by atomic mass is 32.2. The molecule has 1 aliphatic heterocycles. The molecule has 4 saturated carbocycles. The summed E-state index contributed by atoms with van der Waals surface area (Å²) in [5.41, 5.74) is -0.183. The lowest BCUT2D eigenvalue weighted by molar-refractivity contribution is -0.169. The third-order valence-electron chi connectivity index (χ3n) is 11.0. The molecule has 1 N–H and O–H groups in total. The summed E-state index contributed by atoms with van der Waals surface area (Å²) in [7, 11) is 0. The molecule has 1 heterocycles. The van der Waals surface area contributed by atoms with E-state index in [4.69, 9.17) is 0 Å². The van der Waals surface area contributed by atoms with Crippen LogP contribution in [0.15, 0.2) is 0 Å². The molecule has 0 amide bonds. The molecule has 34 heavy (non-hydrogen) atoms. The third kappa shape index (κ3) is 3.86. The van der Waals surface area contributed by atoms with Crippen LogP contribution in [0.1, 0.15) is 93.4 Å². The second-order valence-electron chi connectivity index (χ2n) is 14.5. The quantitative estimate of drug-likeness (QED) is 0.566. The first-order chi connectivity index (χ1) is 15.7. The minimum Gasteiger partial charge on any atom is -0.391 e. The van der Waals surface area contributed by atoms with Crippen molar-refractivity contribution >= 4 is 23.3 Å². The number of nitrogens with zero attached hydrogens (tertiary/aromatic N) is 1. The van der Waals surface area contributed by atoms with Crippen LogP contribution in [-0.4, -0.2) is 56.3 Å². The van der Waals surface area contributed by atoms with Crippen molar-refractivity contribution < 1.29 is 14.7 Å². The minimum atomic E-state index is -0.304. The van der Waals surface area contributed by atoms with E-state index in [9.17, 15) is 14.7 Å². The van der Waals surface area contributed by atoms with E-state index >= 15 is 0 Å². The fraction of sp³-hybridized carbons (Fsp3) is 0.931. The van der Waals surface area contributed by atoms with Crippen molar-refractivity contribution in [1.29, 1.82) is 0 Å². The summed E-state index contributed by atoms with van der Waals surface area (Å²) in [6.45, 7) is 17.7. The van der Waals surface area contributed by atoms with Crippen molar-refractivity contribution in [2.24, 2.45) is 40.4 Å². The summed E-state index contributed by atoms with van der Waals surface area (Å²) < 4.78 is 0.310. The number of carbonyl (C=O) groups is 2. The van der Waals surface area contributed by atoms with Gasteiger partial charge in [0.25, 0.3) is 0 Å². The molecule has 5 rings (SSSR count). The minimum absolute atomic E-state index is 0.0432. The van der Waals surface area contributed by atoms with Crippen molar-refractivity contribution in [2.75, 3.05) is 13.1 Å². The van der Waals surface area contributed by atoms with Crippen LogP contribution in [0.5, 0.6) is 0 Å². The van der Waals surface area contributed by atoms with Crippen LogP contribution < -0.4 is 0 Å². The Morgan fingerprint density at radius 1 is 0.971 bits per heavy atom. The molecule has 1 saturated heterocycles. The Balaban J connectivity index is 1.45. The van der Waals surface area contributed by atoms with Gasteiger partial charge in [0, 0.05) is 46.9 Å². The number of thioether (sulfide) groups is 1. The van der Waals surface area contributed by atoms with Crippen LogP contribution in [-0.2, 0) is 9.59 Å². The van der Waals surface area contributed by atoms with Crippen molar-refractivity contribution in [3.8, 4) is 0 Å². The first kappa shape index (κ1) is 25.3. The van der Waals surface area contributed by atoms with Crippen LogP contribution in [0.2, 0.25) is 0 Å². The van der Waals surface area contributed by atoms with Gasteiger partial charge >= 0.3 is 0 Å². The number of aliphatic hydroxyl groups excluding tert-OH is 1. The number of rotatable bonds is 2. The molecular weight excluding hydrogens is 442 g/mol. The van der Waals surface area contributed by atoms with E-state index in [0.29, 0.717) is 30.0 Å². The number of ketones is 2. The van der Waals surface area contributed by atoms with Gasteiger partial charge < -0.3 is 5.11 Å². The second-order valence-corrected chi connectivity index (χ2v) is 16.9. The van der Waals surface area contributed by atoms with Gasteiger partial charge in [0.05, 0.1) is 6.10 Å². The van der Waals surface area contributed by atoms with Crippen molar-refractivity contribution in [3.63, 3.8) is 0 Å². The normalized spacial score (nSPS) is 50.2. The second kappa shape index (κ2) is 8.05. The number of hydrogen-bond donors (Lipinski definition) is 1. The largest absolute Gasteiger partial charge is 0.391 e. The molecule has 0 radical (unpaired) electrons. The van der Waals surface area contributed by atoms with Gasteiger partial charge in [0.2, 0.25) is 0 Å². The number of carbonyl (C=O) groups excluding carboxylic acids is 2. The summed E-state index contributed by atoms with van der Waals surface area (Å²) in [6, 6.07) is 0.133. The van der Waals surface area contributed by atoms with E-state index in [0.717, 1.165) is 51.6 Å². The van der Waals surface area contributed by atoms with Gasteiger partial charge in [0.1, 0.15) is 11.6 Å². The van der Waals surface area contributed by atoms with Gasteiger partial charge in [-0.05, 0) is 102 Å². The molecule has 0 bridgehead atoms. The molecule has 192 valence electrons. The lowest BCUT2D eigenvalue weighted by Gasteiger charge is -2.62. The molecule has 0 spiro atoms. The summed E-state index contributed by atoms with van der Waals surface area (Å²) in [6.07, 6.45) is 6.33. The predicted molar refractivity (Wildman–Crippen MR) is 139 cm³/mol. The van der Waals surface area contributed by atoms with Crippen LogP contribution in [0, 0.1) is 40.4 Å². The Hall–Kier alpha value is -0.390. The van der Waals surface area contributed by atoms with E-state index in [-0.39, 0.29) is 50.1 Å². The highest BCUT2D eigenvalue weighted by Crippen LogP contribution is 2.66. The molecule has 4 aliphatic carbocycles. The summed E-state index contributed by atoms with van der Waals surface area (Å²) in [5.74, 6) is 2.21. The zero-order valence-corrected chi connectivity index (χ0v) is 23.3. The van der Waals surface area contributed by atoms with Gasteiger partial charge in [-0.15, -0.1) is 11.8 Å². The molecule has 5 heteroatoms. The Morgan fingerprint density at radius 3 is 2.24 bits per heavy atom. The Labute approximate surface area is 211 Å². The van der Waals surface area contributed by atoms with Crippen LogP contribution in [0.25, 0.3) is 0 Å². The Morgan fingerprint density at radius 2 is 1.62 bits per heavy atom. The standard InChI is InChI=1S/C29H47NO3S/c1-17(31)20-10-11-21-19-9-8-18-12-23(32)22(30-15-26(2,3)34-27(4,5)16-30)13-28(18,6)25(19)24(33)14-29(20,21)7/h18-23,25,32H,8-16H2,1-7H3/t18-,19-,20+,21-,22-,23-,25+,28-,29+/m0/s1. The van der Waals surface area contributed by atoms with E-state index < -0.39 is 0 Å². The van der Waals surface area contributed by atoms with Gasteiger partial charge in [-0.2, -0.15) is 0 Å². The first-order valence-electron chi connectivity index (χ1n) is 13.8. The Kier molecular flexibility index (Phi) is 5.98. The lowest BCUT2D eigenvalue weighted by Crippen LogP contribution is -2.64. The molecule has 0 unspecified atom stereocenters. The van der Waals surface area contributed by atoms with Crippen molar-refractivity contribution in [3.05, 3.63) is 0 Å². The van der Waals surface area contributed by atoms with E-state index in [1.165, 1.54) is 0 Å². The molecule has 9 atom stereocenters. The van der Waals surface area contributed by atoms with E-state index in [1.807, 2.05) is 0 Å².